The van der Waals surface area contributed by atoms with Crippen LogP contribution in [-0.4, -0.2) is 0 Å². The fourth-order valence-electron chi connectivity index (χ4n) is 3.73. The molecule has 0 amide bonds. The third kappa shape index (κ3) is 3.04. The maximum Gasteiger partial charge on any atom is 0.0599 e. The van der Waals surface area contributed by atoms with Crippen molar-refractivity contribution in [2.75, 3.05) is 0 Å². The van der Waals surface area contributed by atoms with Crippen LogP contribution in [0.3, 0.4) is 0 Å². The van der Waals surface area contributed by atoms with E-state index >= 15 is 0 Å². The first-order valence-corrected chi connectivity index (χ1v) is 11.5. The first kappa shape index (κ1) is 21.3. The molecule has 0 atom stereocenters. The van der Waals surface area contributed by atoms with Gasteiger partial charge in [-0.1, -0.05) is 92.8 Å². The lowest BCUT2D eigenvalue weighted by atomic mass is 9.97. The van der Waals surface area contributed by atoms with E-state index in [-0.39, 0.29) is 0 Å². The van der Waals surface area contributed by atoms with Gasteiger partial charge >= 0.3 is 0 Å². The van der Waals surface area contributed by atoms with Gasteiger partial charge in [0.1, 0.15) is 0 Å². The highest BCUT2D eigenvalue weighted by molar-refractivity contribution is 6.52. The second-order valence-electron chi connectivity index (χ2n) is 6.82. The summed E-state index contributed by atoms with van der Waals surface area (Å²) in [7, 11) is 0. The van der Waals surface area contributed by atoms with Gasteiger partial charge in [0.2, 0.25) is 0 Å². The van der Waals surface area contributed by atoms with E-state index in [0.29, 0.717) is 61.7 Å². The van der Waals surface area contributed by atoms with E-state index in [9.17, 15) is 0 Å². The second-order valence-corrected chi connectivity index (χ2v) is 9.96. The average molecular weight is 554 g/mol. The standard InChI is InChI=1S/C22H6Cl8/c23-15-3-11-13(5-17(15)25)21(29)9-2-10-8(1-7(9)19(11)27)20(28)12-4-16(24)18(26)6-14(12)22(10)30/h1-6H. The van der Waals surface area contributed by atoms with Crippen molar-refractivity contribution in [2.45, 2.75) is 0 Å². The van der Waals surface area contributed by atoms with Gasteiger partial charge in [-0.25, -0.2) is 0 Å². The summed E-state index contributed by atoms with van der Waals surface area (Å²) in [5.41, 5.74) is 0. The summed E-state index contributed by atoms with van der Waals surface area (Å²) in [6.07, 6.45) is 0. The Balaban J connectivity index is 2.03. The van der Waals surface area contributed by atoms with Crippen LogP contribution in [0.5, 0.6) is 0 Å². The van der Waals surface area contributed by atoms with Crippen LogP contribution in [0.4, 0.5) is 0 Å². The maximum atomic E-state index is 6.75. The van der Waals surface area contributed by atoms with Crippen molar-refractivity contribution in [1.29, 1.82) is 0 Å². The minimum atomic E-state index is 0.390. The van der Waals surface area contributed by atoms with E-state index in [0.717, 1.165) is 21.5 Å². The first-order chi connectivity index (χ1) is 14.2. The van der Waals surface area contributed by atoms with Gasteiger partial charge in [-0.3, -0.25) is 0 Å². The van der Waals surface area contributed by atoms with Gasteiger partial charge in [-0.15, -0.1) is 0 Å². The fourth-order valence-corrected chi connectivity index (χ4v) is 5.63. The summed E-state index contributed by atoms with van der Waals surface area (Å²) in [6, 6.07) is 10.6. The lowest BCUT2D eigenvalue weighted by molar-refractivity contribution is 1.76. The van der Waals surface area contributed by atoms with Crippen molar-refractivity contribution in [3.8, 4) is 0 Å². The van der Waals surface area contributed by atoms with Crippen LogP contribution in [-0.2, 0) is 0 Å². The van der Waals surface area contributed by atoms with Gasteiger partial charge in [0.15, 0.2) is 0 Å². The van der Waals surface area contributed by atoms with E-state index < -0.39 is 0 Å². The lowest BCUT2D eigenvalue weighted by Crippen LogP contribution is -1.88. The Bertz CT molecular complexity index is 1340. The Labute approximate surface area is 211 Å². The van der Waals surface area contributed by atoms with E-state index in [1.165, 1.54) is 0 Å². The molecule has 0 spiro atoms. The molecule has 0 radical (unpaired) electrons. The third-order valence-corrected chi connectivity index (χ3v) is 8.24. The Hall–Kier alpha value is -0.540. The lowest BCUT2D eigenvalue weighted by Gasteiger charge is -2.15. The number of hydrogen-bond donors (Lipinski definition) is 0. The molecule has 0 aliphatic rings. The highest BCUT2D eigenvalue weighted by atomic mass is 35.5. The molecule has 150 valence electrons. The summed E-state index contributed by atoms with van der Waals surface area (Å²) >= 11 is 51.8. The van der Waals surface area contributed by atoms with Crippen molar-refractivity contribution < 1.29 is 0 Å². The number of fused-ring (bicyclic) bond motifs is 4. The van der Waals surface area contributed by atoms with Crippen molar-refractivity contribution in [3.05, 3.63) is 76.6 Å². The molecule has 0 aliphatic heterocycles. The quantitative estimate of drug-likeness (QED) is 0.167. The molecular weight excluding hydrogens is 548 g/mol. The highest BCUT2D eigenvalue weighted by Crippen LogP contribution is 2.47. The Morgan fingerprint density at radius 1 is 0.267 bits per heavy atom. The zero-order valence-electron chi connectivity index (χ0n) is 14.5. The molecule has 0 N–H and O–H groups in total. The number of benzene rings is 5. The van der Waals surface area contributed by atoms with Gasteiger partial charge in [0.05, 0.1) is 40.2 Å². The Morgan fingerprint density at radius 2 is 0.433 bits per heavy atom. The largest absolute Gasteiger partial charge is 0.0830 e. The van der Waals surface area contributed by atoms with Crippen LogP contribution in [0.15, 0.2) is 36.4 Å². The smallest absolute Gasteiger partial charge is 0.0599 e. The van der Waals surface area contributed by atoms with E-state index in [2.05, 4.69) is 0 Å². The first-order valence-electron chi connectivity index (χ1n) is 8.48. The number of hydrogen-bond acceptors (Lipinski definition) is 0. The molecule has 0 fully saturated rings. The molecule has 0 bridgehead atoms. The van der Waals surface area contributed by atoms with Crippen LogP contribution >= 0.6 is 92.8 Å². The summed E-state index contributed by atoms with van der Waals surface area (Å²) in [5.74, 6) is 0. The van der Waals surface area contributed by atoms with Crippen molar-refractivity contribution in [2.24, 2.45) is 0 Å². The van der Waals surface area contributed by atoms with Gasteiger partial charge < -0.3 is 0 Å². The predicted molar refractivity (Wildman–Crippen MR) is 137 cm³/mol. The second kappa shape index (κ2) is 7.51. The van der Waals surface area contributed by atoms with Crippen LogP contribution in [0.1, 0.15) is 0 Å². The van der Waals surface area contributed by atoms with Crippen LogP contribution in [0, 0.1) is 0 Å². The maximum absolute atomic E-state index is 6.75. The molecule has 5 rings (SSSR count). The topological polar surface area (TPSA) is 0 Å². The van der Waals surface area contributed by atoms with Gasteiger partial charge in [0, 0.05) is 43.1 Å². The summed E-state index contributed by atoms with van der Waals surface area (Å²) in [6.45, 7) is 0. The predicted octanol–water partition coefficient (Wildman–Crippen LogP) is 11.5. The molecule has 0 unspecified atom stereocenters. The summed E-state index contributed by atoms with van der Waals surface area (Å²) in [4.78, 5) is 0. The summed E-state index contributed by atoms with van der Waals surface area (Å²) < 4.78 is 0. The molecule has 5 aromatic rings. The van der Waals surface area contributed by atoms with Crippen LogP contribution in [0.25, 0.3) is 43.1 Å². The third-order valence-electron chi connectivity index (χ3n) is 5.17. The fraction of sp³-hybridized carbons (Fsp3) is 0. The summed E-state index contributed by atoms with van der Waals surface area (Å²) in [5, 5.41) is 9.19. The number of halogens is 8. The minimum absolute atomic E-state index is 0.390. The van der Waals surface area contributed by atoms with E-state index in [1.807, 2.05) is 12.1 Å². The molecule has 0 aliphatic carbocycles. The SMILES string of the molecule is Clc1cc2c(Cl)c3cc4c(Cl)c5cc(Cl)c(Cl)cc5c(Cl)c4cc3c(Cl)c2cc1Cl. The van der Waals surface area contributed by atoms with E-state index in [1.54, 1.807) is 24.3 Å². The van der Waals surface area contributed by atoms with Crippen molar-refractivity contribution in [1.82, 2.24) is 0 Å². The van der Waals surface area contributed by atoms with Crippen LogP contribution in [0.2, 0.25) is 40.2 Å². The van der Waals surface area contributed by atoms with Gasteiger partial charge in [0.25, 0.3) is 0 Å². The average Bonchev–Trinajstić information content (AvgIpc) is 2.72. The van der Waals surface area contributed by atoms with E-state index in [4.69, 9.17) is 92.8 Å². The van der Waals surface area contributed by atoms with Crippen molar-refractivity contribution in [3.63, 3.8) is 0 Å². The molecular formula is C22H6Cl8. The molecule has 0 aromatic heterocycles. The molecule has 0 heterocycles. The molecule has 0 nitrogen and oxygen atoms in total. The van der Waals surface area contributed by atoms with Gasteiger partial charge in [-0.05, 0) is 36.4 Å². The Kier molecular flexibility index (Phi) is 5.33. The monoisotopic (exact) mass is 550 g/mol. The van der Waals surface area contributed by atoms with Gasteiger partial charge in [-0.2, -0.15) is 0 Å². The zero-order chi connectivity index (χ0) is 21.5. The normalized spacial score (nSPS) is 12.0. The molecule has 30 heavy (non-hydrogen) atoms. The molecule has 0 saturated carbocycles. The zero-order valence-corrected chi connectivity index (χ0v) is 20.5. The number of rotatable bonds is 0. The minimum Gasteiger partial charge on any atom is -0.0830 e. The Morgan fingerprint density at radius 3 is 0.633 bits per heavy atom. The highest BCUT2D eigenvalue weighted by Gasteiger charge is 2.19. The molecule has 5 aromatic carbocycles. The molecule has 8 heteroatoms. The van der Waals surface area contributed by atoms with Crippen LogP contribution < -0.4 is 0 Å². The van der Waals surface area contributed by atoms with Crippen molar-refractivity contribution >= 4 is 136 Å². The molecule has 0 saturated heterocycles.